The van der Waals surface area contributed by atoms with Crippen LogP contribution >= 0.6 is 15.9 Å². The summed E-state index contributed by atoms with van der Waals surface area (Å²) in [6.07, 6.45) is 1.67. The molecule has 0 radical (unpaired) electrons. The predicted molar refractivity (Wildman–Crippen MR) is 136 cm³/mol. The molecule has 2 aromatic heterocycles. The third-order valence-corrected chi connectivity index (χ3v) is 7.17. The Morgan fingerprint density at radius 2 is 1.76 bits per heavy atom. The van der Waals surface area contributed by atoms with Crippen LogP contribution in [0.3, 0.4) is 0 Å². The molecule has 0 saturated carbocycles. The number of primary amides is 1. The van der Waals surface area contributed by atoms with Gasteiger partial charge in [0, 0.05) is 32.9 Å². The molecule has 2 N–H and O–H groups in total. The highest BCUT2D eigenvalue weighted by Gasteiger charge is 2.18. The average Bonchev–Trinajstić information content (AvgIpc) is 3.48. The minimum absolute atomic E-state index is 0.429. The van der Waals surface area contributed by atoms with Crippen molar-refractivity contribution in [2.45, 2.75) is 6.54 Å². The minimum atomic E-state index is -0.429. The van der Waals surface area contributed by atoms with Crippen molar-refractivity contribution in [2.75, 3.05) is 0 Å². The predicted octanol–water partition coefficient (Wildman–Crippen LogP) is 7.12. The minimum Gasteiger partial charge on any atom is -0.464 e. The molecule has 6 rings (SSSR count). The molecule has 0 fully saturated rings. The third-order valence-electron chi connectivity index (χ3n) is 6.23. The summed E-state index contributed by atoms with van der Waals surface area (Å²) in [7, 11) is 0. The number of carbonyl (C=O) groups excluding carboxylic acids is 1. The molecule has 0 saturated heterocycles. The van der Waals surface area contributed by atoms with E-state index in [1.54, 1.807) is 12.3 Å². The van der Waals surface area contributed by atoms with Crippen LogP contribution in [0.15, 0.2) is 100 Å². The number of carbonyl (C=O) groups is 1. The van der Waals surface area contributed by atoms with Crippen LogP contribution in [0.2, 0.25) is 0 Å². The summed E-state index contributed by atoms with van der Waals surface area (Å²) in [4.78, 5) is 12.3. The maximum atomic E-state index is 12.3. The second-order valence-electron chi connectivity index (χ2n) is 8.12. The van der Waals surface area contributed by atoms with E-state index in [0.717, 1.165) is 43.2 Å². The van der Waals surface area contributed by atoms with E-state index < -0.39 is 5.91 Å². The van der Waals surface area contributed by atoms with Crippen LogP contribution in [0, 0.1) is 0 Å². The quantitative estimate of drug-likeness (QED) is 0.283. The van der Waals surface area contributed by atoms with Gasteiger partial charge < -0.3 is 14.7 Å². The number of rotatable bonds is 4. The summed E-state index contributed by atoms with van der Waals surface area (Å²) in [5.74, 6) is 0.373. The molecular formula is C28H19BrN2O2. The highest BCUT2D eigenvalue weighted by atomic mass is 79.9. The Bertz CT molecular complexity index is 1680. The maximum Gasteiger partial charge on any atom is 0.249 e. The zero-order chi connectivity index (χ0) is 22.5. The van der Waals surface area contributed by atoms with Crippen molar-refractivity contribution in [1.82, 2.24) is 4.57 Å². The van der Waals surface area contributed by atoms with Crippen LogP contribution in [0.1, 0.15) is 15.9 Å². The summed E-state index contributed by atoms with van der Waals surface area (Å²) >= 11 is 3.84. The Labute approximate surface area is 198 Å². The Kier molecular flexibility index (Phi) is 4.59. The number of nitrogens with two attached hydrogens (primary N) is 1. The smallest absolute Gasteiger partial charge is 0.249 e. The molecule has 33 heavy (non-hydrogen) atoms. The lowest BCUT2D eigenvalue weighted by molar-refractivity contribution is 0.100. The van der Waals surface area contributed by atoms with E-state index in [0.29, 0.717) is 12.1 Å². The standard InChI is InChI=1S/C28H19BrN2O2/c29-27-19(11-10-17-5-1-2-6-20(17)27)16-31-23-8-3-7-22(28(30)32)26(23)21-13-12-18(15-24(21)31)25-9-4-14-33-25/h1-15H,16H2,(H2,30,32). The van der Waals surface area contributed by atoms with Crippen molar-refractivity contribution >= 4 is 54.4 Å². The number of amides is 1. The monoisotopic (exact) mass is 494 g/mol. The first-order valence-corrected chi connectivity index (χ1v) is 11.5. The summed E-state index contributed by atoms with van der Waals surface area (Å²) in [6, 6.07) is 28.4. The summed E-state index contributed by atoms with van der Waals surface area (Å²) < 4.78 is 8.96. The Morgan fingerprint density at radius 3 is 2.58 bits per heavy atom. The normalized spacial score (nSPS) is 11.5. The molecule has 160 valence electrons. The number of fused-ring (bicyclic) bond motifs is 4. The molecule has 4 nitrogen and oxygen atoms in total. The molecule has 2 heterocycles. The van der Waals surface area contributed by atoms with Crippen LogP contribution in [0.5, 0.6) is 0 Å². The first kappa shape index (κ1) is 19.8. The Morgan fingerprint density at radius 1 is 0.879 bits per heavy atom. The lowest BCUT2D eigenvalue weighted by Crippen LogP contribution is -2.11. The molecule has 0 aliphatic heterocycles. The van der Waals surface area contributed by atoms with Gasteiger partial charge in [0.15, 0.2) is 0 Å². The van der Waals surface area contributed by atoms with Gasteiger partial charge in [0.25, 0.3) is 0 Å². The van der Waals surface area contributed by atoms with Crippen molar-refractivity contribution < 1.29 is 9.21 Å². The van der Waals surface area contributed by atoms with E-state index >= 15 is 0 Å². The summed E-state index contributed by atoms with van der Waals surface area (Å²) in [6.45, 7) is 0.634. The number of hydrogen-bond acceptors (Lipinski definition) is 2. The van der Waals surface area contributed by atoms with Crippen molar-refractivity contribution in [3.63, 3.8) is 0 Å². The number of aromatic nitrogens is 1. The van der Waals surface area contributed by atoms with Crippen LogP contribution in [0.25, 0.3) is 43.9 Å². The highest BCUT2D eigenvalue weighted by molar-refractivity contribution is 9.10. The third kappa shape index (κ3) is 3.16. The molecule has 0 aliphatic carbocycles. The zero-order valence-electron chi connectivity index (χ0n) is 17.6. The van der Waals surface area contributed by atoms with Gasteiger partial charge in [0.1, 0.15) is 5.76 Å². The van der Waals surface area contributed by atoms with Gasteiger partial charge >= 0.3 is 0 Å². The van der Waals surface area contributed by atoms with E-state index in [4.69, 9.17) is 10.2 Å². The lowest BCUT2D eigenvalue weighted by Gasteiger charge is -2.12. The molecule has 1 amide bonds. The van der Waals surface area contributed by atoms with E-state index in [1.165, 1.54) is 10.8 Å². The Balaban J connectivity index is 1.64. The lowest BCUT2D eigenvalue weighted by atomic mass is 10.0. The number of nitrogens with zero attached hydrogens (tertiary/aromatic N) is 1. The fourth-order valence-electron chi connectivity index (χ4n) is 4.69. The average molecular weight is 495 g/mol. The summed E-state index contributed by atoms with van der Waals surface area (Å²) in [5.41, 5.74) is 10.4. The zero-order valence-corrected chi connectivity index (χ0v) is 19.2. The van der Waals surface area contributed by atoms with Gasteiger partial charge in [-0.25, -0.2) is 0 Å². The number of benzene rings is 4. The largest absolute Gasteiger partial charge is 0.464 e. The van der Waals surface area contributed by atoms with Gasteiger partial charge in [-0.2, -0.15) is 0 Å². The number of hydrogen-bond donors (Lipinski definition) is 1. The van der Waals surface area contributed by atoms with Crippen molar-refractivity contribution in [3.8, 4) is 11.3 Å². The van der Waals surface area contributed by atoms with Gasteiger partial charge in [0.2, 0.25) is 5.91 Å². The summed E-state index contributed by atoms with van der Waals surface area (Å²) in [5, 5.41) is 4.23. The number of halogens is 1. The van der Waals surface area contributed by atoms with Crippen LogP contribution in [-0.4, -0.2) is 10.5 Å². The fraction of sp³-hybridized carbons (Fsp3) is 0.0357. The highest BCUT2D eigenvalue weighted by Crippen LogP contribution is 2.36. The van der Waals surface area contributed by atoms with Gasteiger partial charge in [0.05, 0.1) is 17.3 Å². The van der Waals surface area contributed by atoms with Crippen molar-refractivity contribution in [3.05, 3.63) is 107 Å². The first-order valence-electron chi connectivity index (χ1n) is 10.7. The first-order chi connectivity index (χ1) is 16.1. The molecule has 0 spiro atoms. The molecular weight excluding hydrogens is 476 g/mol. The molecule has 6 aromatic rings. The topological polar surface area (TPSA) is 61.2 Å². The Hall–Kier alpha value is -3.83. The molecule has 0 aliphatic rings. The molecule has 0 unspecified atom stereocenters. The van der Waals surface area contributed by atoms with Crippen LogP contribution < -0.4 is 5.73 Å². The van der Waals surface area contributed by atoms with Crippen LogP contribution in [0.4, 0.5) is 0 Å². The van der Waals surface area contributed by atoms with Gasteiger partial charge in [-0.3, -0.25) is 4.79 Å². The van der Waals surface area contributed by atoms with Crippen molar-refractivity contribution in [1.29, 1.82) is 0 Å². The van der Waals surface area contributed by atoms with Crippen LogP contribution in [-0.2, 0) is 6.54 Å². The maximum absolute atomic E-state index is 12.3. The second kappa shape index (κ2) is 7.64. The molecule has 0 atom stereocenters. The number of furan rings is 1. The molecule has 4 aromatic carbocycles. The van der Waals surface area contributed by atoms with E-state index in [1.807, 2.05) is 48.5 Å². The SMILES string of the molecule is NC(=O)c1cccc2c1c1ccc(-c3ccco3)cc1n2Cc1ccc2ccccc2c1Br. The second-order valence-corrected chi connectivity index (χ2v) is 8.91. The van der Waals surface area contributed by atoms with Gasteiger partial charge in [-0.1, -0.05) is 54.6 Å². The van der Waals surface area contributed by atoms with E-state index in [2.05, 4.69) is 50.8 Å². The van der Waals surface area contributed by atoms with Gasteiger partial charge in [-0.05, 0) is 62.6 Å². The van der Waals surface area contributed by atoms with E-state index in [9.17, 15) is 4.79 Å². The molecule has 5 heteroatoms. The van der Waals surface area contributed by atoms with Gasteiger partial charge in [-0.15, -0.1) is 0 Å². The van der Waals surface area contributed by atoms with E-state index in [-0.39, 0.29) is 0 Å². The molecule has 0 bridgehead atoms. The fourth-order valence-corrected chi connectivity index (χ4v) is 5.31. The van der Waals surface area contributed by atoms with Crippen molar-refractivity contribution in [2.24, 2.45) is 5.73 Å².